The van der Waals surface area contributed by atoms with Crippen LogP contribution < -0.4 is 5.32 Å². The Kier molecular flexibility index (Phi) is 3.64. The van der Waals surface area contributed by atoms with E-state index in [1.807, 2.05) is 0 Å². The van der Waals surface area contributed by atoms with Gasteiger partial charge in [-0.05, 0) is 25.3 Å². The minimum atomic E-state index is 0.414. The first kappa shape index (κ1) is 12.2. The van der Waals surface area contributed by atoms with E-state index < -0.39 is 0 Å². The van der Waals surface area contributed by atoms with Crippen molar-refractivity contribution in [2.45, 2.75) is 57.3 Å². The van der Waals surface area contributed by atoms with Crippen molar-refractivity contribution in [1.29, 1.82) is 0 Å². The fourth-order valence-electron chi connectivity index (χ4n) is 3.24. The third-order valence-corrected chi connectivity index (χ3v) is 4.51. The number of nitrogens with one attached hydrogen (secondary N) is 1. The fourth-order valence-corrected chi connectivity index (χ4v) is 3.24. The van der Waals surface area contributed by atoms with E-state index in [2.05, 4.69) is 17.4 Å². The first-order chi connectivity index (χ1) is 8.84. The van der Waals surface area contributed by atoms with Crippen LogP contribution >= 0.6 is 0 Å². The highest BCUT2D eigenvalue weighted by atomic mass is 16.5. The number of hydrogen-bond acceptors (Lipinski definition) is 4. The molecule has 0 radical (unpaired) electrons. The molecule has 0 spiro atoms. The SMILES string of the molecule is CC1CNCC1c1nc(C2CCCCCC2)no1. The van der Waals surface area contributed by atoms with Gasteiger partial charge in [-0.1, -0.05) is 37.8 Å². The molecule has 1 aliphatic heterocycles. The fraction of sp³-hybridized carbons (Fsp3) is 0.857. The second kappa shape index (κ2) is 5.39. The molecule has 18 heavy (non-hydrogen) atoms. The van der Waals surface area contributed by atoms with Crippen molar-refractivity contribution in [2.75, 3.05) is 13.1 Å². The summed E-state index contributed by atoms with van der Waals surface area (Å²) in [5.41, 5.74) is 0. The van der Waals surface area contributed by atoms with Gasteiger partial charge in [0.05, 0.1) is 5.92 Å². The Morgan fingerprint density at radius 2 is 1.89 bits per heavy atom. The van der Waals surface area contributed by atoms with E-state index in [0.29, 0.717) is 17.8 Å². The smallest absolute Gasteiger partial charge is 0.231 e. The lowest BCUT2D eigenvalue weighted by atomic mass is 9.97. The highest BCUT2D eigenvalue weighted by molar-refractivity contribution is 5.03. The molecule has 2 unspecified atom stereocenters. The van der Waals surface area contributed by atoms with Gasteiger partial charge in [-0.2, -0.15) is 4.98 Å². The van der Waals surface area contributed by atoms with Crippen molar-refractivity contribution in [1.82, 2.24) is 15.5 Å². The Bertz CT molecular complexity index is 382. The molecular weight excluding hydrogens is 226 g/mol. The predicted molar refractivity (Wildman–Crippen MR) is 69.5 cm³/mol. The number of nitrogens with zero attached hydrogens (tertiary/aromatic N) is 2. The number of hydrogen-bond donors (Lipinski definition) is 1. The molecule has 0 amide bonds. The van der Waals surface area contributed by atoms with Crippen LogP contribution in [0.3, 0.4) is 0 Å². The Morgan fingerprint density at radius 3 is 2.56 bits per heavy atom. The summed E-state index contributed by atoms with van der Waals surface area (Å²) < 4.78 is 5.51. The molecule has 1 aromatic rings. The van der Waals surface area contributed by atoms with E-state index in [0.717, 1.165) is 24.8 Å². The zero-order valence-corrected chi connectivity index (χ0v) is 11.2. The Hall–Kier alpha value is -0.900. The molecule has 1 aromatic heterocycles. The van der Waals surface area contributed by atoms with E-state index in [9.17, 15) is 0 Å². The van der Waals surface area contributed by atoms with Crippen LogP contribution in [-0.4, -0.2) is 23.2 Å². The highest BCUT2D eigenvalue weighted by Crippen LogP contribution is 2.32. The van der Waals surface area contributed by atoms with Crippen molar-refractivity contribution < 1.29 is 4.52 Å². The summed E-state index contributed by atoms with van der Waals surface area (Å²) in [6, 6.07) is 0. The topological polar surface area (TPSA) is 51.0 Å². The monoisotopic (exact) mass is 249 g/mol. The molecule has 2 aliphatic rings. The first-order valence-electron chi connectivity index (χ1n) is 7.39. The maximum absolute atomic E-state index is 5.51. The molecule has 0 bridgehead atoms. The Balaban J connectivity index is 1.72. The van der Waals surface area contributed by atoms with Gasteiger partial charge in [0.2, 0.25) is 5.89 Å². The van der Waals surface area contributed by atoms with Crippen molar-refractivity contribution in [3.8, 4) is 0 Å². The van der Waals surface area contributed by atoms with Gasteiger partial charge in [-0.15, -0.1) is 0 Å². The lowest BCUT2D eigenvalue weighted by Crippen LogP contribution is -2.08. The Morgan fingerprint density at radius 1 is 1.11 bits per heavy atom. The van der Waals surface area contributed by atoms with Gasteiger partial charge >= 0.3 is 0 Å². The van der Waals surface area contributed by atoms with E-state index in [1.165, 1.54) is 38.5 Å². The second-order valence-corrected chi connectivity index (χ2v) is 5.92. The zero-order valence-electron chi connectivity index (χ0n) is 11.2. The third-order valence-electron chi connectivity index (χ3n) is 4.51. The minimum absolute atomic E-state index is 0.414. The minimum Gasteiger partial charge on any atom is -0.339 e. The maximum Gasteiger partial charge on any atom is 0.231 e. The molecule has 4 nitrogen and oxygen atoms in total. The summed E-state index contributed by atoms with van der Waals surface area (Å²) in [5, 5.41) is 7.64. The summed E-state index contributed by atoms with van der Waals surface area (Å²) in [4.78, 5) is 4.69. The van der Waals surface area contributed by atoms with Crippen LogP contribution in [0.2, 0.25) is 0 Å². The van der Waals surface area contributed by atoms with Gasteiger partial charge in [-0.3, -0.25) is 0 Å². The first-order valence-corrected chi connectivity index (χ1v) is 7.39. The standard InChI is InChI=1S/C14H23N3O/c1-10-8-15-9-12(10)14-16-13(17-18-14)11-6-4-2-3-5-7-11/h10-12,15H,2-9H2,1H3. The quantitative estimate of drug-likeness (QED) is 0.819. The molecule has 2 heterocycles. The van der Waals surface area contributed by atoms with Crippen molar-refractivity contribution in [3.05, 3.63) is 11.7 Å². The van der Waals surface area contributed by atoms with E-state index in [-0.39, 0.29) is 0 Å². The van der Waals surface area contributed by atoms with Crippen LogP contribution in [0.1, 0.15) is 69.0 Å². The lowest BCUT2D eigenvalue weighted by Gasteiger charge is -2.09. The summed E-state index contributed by atoms with van der Waals surface area (Å²) >= 11 is 0. The molecule has 4 heteroatoms. The number of rotatable bonds is 2. The van der Waals surface area contributed by atoms with Crippen LogP contribution in [0.25, 0.3) is 0 Å². The molecular formula is C14H23N3O. The van der Waals surface area contributed by atoms with Crippen LogP contribution in [0.5, 0.6) is 0 Å². The average molecular weight is 249 g/mol. The van der Waals surface area contributed by atoms with Crippen LogP contribution in [0.4, 0.5) is 0 Å². The summed E-state index contributed by atoms with van der Waals surface area (Å²) in [5.74, 6) is 3.37. The van der Waals surface area contributed by atoms with Crippen molar-refractivity contribution in [3.63, 3.8) is 0 Å². The molecule has 100 valence electrons. The molecule has 2 atom stereocenters. The van der Waals surface area contributed by atoms with Crippen molar-refractivity contribution >= 4 is 0 Å². The molecule has 2 fully saturated rings. The van der Waals surface area contributed by atoms with Gasteiger partial charge in [0.15, 0.2) is 5.82 Å². The molecule has 3 rings (SSSR count). The van der Waals surface area contributed by atoms with Crippen LogP contribution in [0.15, 0.2) is 4.52 Å². The molecule has 0 aromatic carbocycles. The predicted octanol–water partition coefficient (Wildman–Crippen LogP) is 2.83. The normalized spacial score (nSPS) is 30.5. The largest absolute Gasteiger partial charge is 0.339 e. The lowest BCUT2D eigenvalue weighted by molar-refractivity contribution is 0.333. The van der Waals surface area contributed by atoms with Crippen molar-refractivity contribution in [2.24, 2.45) is 5.92 Å². The second-order valence-electron chi connectivity index (χ2n) is 5.92. The summed E-state index contributed by atoms with van der Waals surface area (Å²) in [7, 11) is 0. The van der Waals surface area contributed by atoms with Crippen LogP contribution in [-0.2, 0) is 0 Å². The van der Waals surface area contributed by atoms with Gasteiger partial charge < -0.3 is 9.84 Å². The van der Waals surface area contributed by atoms with E-state index in [4.69, 9.17) is 9.51 Å². The maximum atomic E-state index is 5.51. The summed E-state index contributed by atoms with van der Waals surface area (Å²) in [6.07, 6.45) is 7.83. The van der Waals surface area contributed by atoms with Gasteiger partial charge in [0.25, 0.3) is 0 Å². The van der Waals surface area contributed by atoms with Crippen LogP contribution in [0, 0.1) is 5.92 Å². The zero-order chi connectivity index (χ0) is 12.4. The average Bonchev–Trinajstić information content (AvgIpc) is 2.91. The van der Waals surface area contributed by atoms with Gasteiger partial charge in [-0.25, -0.2) is 0 Å². The third kappa shape index (κ3) is 2.44. The van der Waals surface area contributed by atoms with Gasteiger partial charge in [0.1, 0.15) is 0 Å². The molecule has 1 aliphatic carbocycles. The highest BCUT2D eigenvalue weighted by Gasteiger charge is 2.30. The molecule has 1 saturated heterocycles. The van der Waals surface area contributed by atoms with E-state index in [1.54, 1.807) is 0 Å². The summed E-state index contributed by atoms with van der Waals surface area (Å²) in [6.45, 7) is 4.29. The van der Waals surface area contributed by atoms with E-state index >= 15 is 0 Å². The van der Waals surface area contributed by atoms with Gasteiger partial charge in [0, 0.05) is 12.5 Å². The number of aromatic nitrogens is 2. The molecule has 1 N–H and O–H groups in total. The Labute approximate surface area is 109 Å². The molecule has 1 saturated carbocycles.